The quantitative estimate of drug-likeness (QED) is 0.925. The minimum absolute atomic E-state index is 0.980. The van der Waals surface area contributed by atoms with Crippen molar-refractivity contribution in [2.24, 2.45) is 0 Å². The van der Waals surface area contributed by atoms with E-state index >= 15 is 0 Å². The summed E-state index contributed by atoms with van der Waals surface area (Å²) in [4.78, 5) is 5.52. The maximum atomic E-state index is 3.25. The van der Waals surface area contributed by atoms with Crippen LogP contribution in [0.25, 0.3) is 0 Å². The van der Waals surface area contributed by atoms with Crippen molar-refractivity contribution < 1.29 is 0 Å². The first-order valence-corrected chi connectivity index (χ1v) is 8.60. The van der Waals surface area contributed by atoms with Gasteiger partial charge in [-0.1, -0.05) is 24.3 Å². The van der Waals surface area contributed by atoms with E-state index < -0.39 is 0 Å². The molecule has 1 aromatic carbocycles. The summed E-state index contributed by atoms with van der Waals surface area (Å²) in [6.45, 7) is 6.61. The van der Waals surface area contributed by atoms with E-state index in [9.17, 15) is 0 Å². The van der Waals surface area contributed by atoms with Crippen LogP contribution in [0.3, 0.4) is 0 Å². The zero-order chi connectivity index (χ0) is 14.7. The molecule has 2 nitrogen and oxygen atoms in total. The highest BCUT2D eigenvalue weighted by Crippen LogP contribution is 2.25. The smallest absolute Gasteiger partial charge is 0.0296 e. The molecule has 0 aliphatic carbocycles. The number of nitrogens with zero attached hydrogens (tertiary/aromatic N) is 1. The monoisotopic (exact) mass is 300 g/mol. The van der Waals surface area contributed by atoms with Crippen molar-refractivity contribution in [3.8, 4) is 0 Å². The van der Waals surface area contributed by atoms with Gasteiger partial charge in [-0.05, 0) is 56.1 Å². The fourth-order valence-corrected chi connectivity index (χ4v) is 4.22. The largest absolute Gasteiger partial charge is 0.315 e. The summed E-state index contributed by atoms with van der Waals surface area (Å²) in [7, 11) is 2.01. The lowest BCUT2D eigenvalue weighted by Gasteiger charge is -2.20. The van der Waals surface area contributed by atoms with Crippen LogP contribution >= 0.6 is 11.3 Å². The highest BCUT2D eigenvalue weighted by molar-refractivity contribution is 7.12. The molecule has 1 aliphatic rings. The normalized spacial score (nSPS) is 15.7. The number of rotatable bonds is 4. The average Bonchev–Trinajstić information content (AvgIpc) is 2.70. The van der Waals surface area contributed by atoms with E-state index in [1.807, 2.05) is 18.4 Å². The molecule has 0 bridgehead atoms. The van der Waals surface area contributed by atoms with Crippen molar-refractivity contribution in [3.63, 3.8) is 0 Å². The molecule has 2 heterocycles. The molecule has 0 spiro atoms. The Morgan fingerprint density at radius 1 is 1.24 bits per heavy atom. The Morgan fingerprint density at radius 2 is 2.05 bits per heavy atom. The lowest BCUT2D eigenvalue weighted by atomic mass is 10.0. The van der Waals surface area contributed by atoms with Gasteiger partial charge in [-0.3, -0.25) is 4.90 Å². The van der Waals surface area contributed by atoms with Gasteiger partial charge in [0.25, 0.3) is 0 Å². The third kappa shape index (κ3) is 3.54. The SMILES string of the molecule is CNCc1cc(CN2CCCc3ccccc3C2)c(C)s1. The van der Waals surface area contributed by atoms with E-state index in [0.29, 0.717) is 0 Å². The molecule has 2 aromatic rings. The molecule has 3 heteroatoms. The van der Waals surface area contributed by atoms with Gasteiger partial charge in [0.05, 0.1) is 0 Å². The van der Waals surface area contributed by atoms with Crippen LogP contribution in [0.15, 0.2) is 30.3 Å². The molecular weight excluding hydrogens is 276 g/mol. The molecule has 112 valence electrons. The molecule has 1 aromatic heterocycles. The molecule has 3 rings (SSSR count). The Bertz CT molecular complexity index is 603. The second kappa shape index (κ2) is 6.73. The topological polar surface area (TPSA) is 15.3 Å². The van der Waals surface area contributed by atoms with Gasteiger partial charge in [0, 0.05) is 29.4 Å². The second-order valence-electron chi connectivity index (χ2n) is 5.91. The Labute approximate surface area is 131 Å². The summed E-state index contributed by atoms with van der Waals surface area (Å²) in [6, 6.07) is 11.3. The molecule has 0 amide bonds. The first-order valence-electron chi connectivity index (χ1n) is 7.78. The van der Waals surface area contributed by atoms with Crippen molar-refractivity contribution in [2.75, 3.05) is 13.6 Å². The van der Waals surface area contributed by atoms with Gasteiger partial charge >= 0.3 is 0 Å². The molecule has 21 heavy (non-hydrogen) atoms. The number of fused-ring (bicyclic) bond motifs is 1. The predicted octanol–water partition coefficient (Wildman–Crippen LogP) is 3.72. The number of hydrogen-bond donors (Lipinski definition) is 1. The van der Waals surface area contributed by atoms with Gasteiger partial charge in [0.15, 0.2) is 0 Å². The fraction of sp³-hybridized carbons (Fsp3) is 0.444. The summed E-state index contributed by atoms with van der Waals surface area (Å²) in [6.07, 6.45) is 2.49. The summed E-state index contributed by atoms with van der Waals surface area (Å²) >= 11 is 1.93. The van der Waals surface area contributed by atoms with E-state index in [1.54, 1.807) is 0 Å². The predicted molar refractivity (Wildman–Crippen MR) is 90.7 cm³/mol. The Hall–Kier alpha value is -1.16. The number of hydrogen-bond acceptors (Lipinski definition) is 3. The van der Waals surface area contributed by atoms with Crippen molar-refractivity contribution >= 4 is 11.3 Å². The van der Waals surface area contributed by atoms with Crippen molar-refractivity contribution in [1.29, 1.82) is 0 Å². The maximum absolute atomic E-state index is 3.25. The van der Waals surface area contributed by atoms with E-state index in [1.165, 1.54) is 45.8 Å². The van der Waals surface area contributed by atoms with E-state index in [2.05, 4.69) is 47.5 Å². The van der Waals surface area contributed by atoms with E-state index in [4.69, 9.17) is 0 Å². The molecule has 1 aliphatic heterocycles. The van der Waals surface area contributed by atoms with E-state index in [-0.39, 0.29) is 0 Å². The zero-order valence-corrected chi connectivity index (χ0v) is 13.8. The third-order valence-corrected chi connectivity index (χ3v) is 5.34. The lowest BCUT2D eigenvalue weighted by molar-refractivity contribution is 0.261. The third-order valence-electron chi connectivity index (χ3n) is 4.25. The van der Waals surface area contributed by atoms with Crippen molar-refractivity contribution in [3.05, 3.63) is 56.8 Å². The summed E-state index contributed by atoms with van der Waals surface area (Å²) in [5.74, 6) is 0. The molecule has 0 saturated carbocycles. The zero-order valence-electron chi connectivity index (χ0n) is 13.0. The highest BCUT2D eigenvalue weighted by atomic mass is 32.1. The summed E-state index contributed by atoms with van der Waals surface area (Å²) in [5.41, 5.74) is 4.56. The van der Waals surface area contributed by atoms with Crippen molar-refractivity contribution in [2.45, 2.75) is 39.4 Å². The molecular formula is C18H24N2S. The fourth-order valence-electron chi connectivity index (χ4n) is 3.15. The van der Waals surface area contributed by atoms with E-state index in [0.717, 1.165) is 19.6 Å². The Morgan fingerprint density at radius 3 is 2.86 bits per heavy atom. The molecule has 0 atom stereocenters. The van der Waals surface area contributed by atoms with Gasteiger partial charge in [-0.2, -0.15) is 0 Å². The highest BCUT2D eigenvalue weighted by Gasteiger charge is 2.16. The van der Waals surface area contributed by atoms with Crippen LogP contribution in [0.1, 0.15) is 32.9 Å². The minimum Gasteiger partial charge on any atom is -0.315 e. The Balaban J connectivity index is 1.73. The lowest BCUT2D eigenvalue weighted by Crippen LogP contribution is -2.22. The first-order chi connectivity index (χ1) is 10.3. The van der Waals surface area contributed by atoms with Crippen LogP contribution in [0.5, 0.6) is 0 Å². The van der Waals surface area contributed by atoms with Gasteiger partial charge in [-0.25, -0.2) is 0 Å². The van der Waals surface area contributed by atoms with Crippen LogP contribution in [0, 0.1) is 6.92 Å². The number of aryl methyl sites for hydroxylation is 2. The molecule has 1 N–H and O–H groups in total. The second-order valence-corrected chi connectivity index (χ2v) is 7.25. The summed E-state index contributed by atoms with van der Waals surface area (Å²) in [5, 5.41) is 3.25. The van der Waals surface area contributed by atoms with Crippen LogP contribution in [0.2, 0.25) is 0 Å². The Kier molecular flexibility index (Phi) is 4.73. The molecule has 0 fully saturated rings. The number of benzene rings is 1. The van der Waals surface area contributed by atoms with Gasteiger partial charge in [0.1, 0.15) is 0 Å². The molecule has 0 radical (unpaired) electrons. The van der Waals surface area contributed by atoms with Gasteiger partial charge < -0.3 is 5.32 Å². The first kappa shape index (κ1) is 14.8. The van der Waals surface area contributed by atoms with Crippen LogP contribution in [0.4, 0.5) is 0 Å². The van der Waals surface area contributed by atoms with Crippen LogP contribution < -0.4 is 5.32 Å². The van der Waals surface area contributed by atoms with Crippen molar-refractivity contribution in [1.82, 2.24) is 10.2 Å². The summed E-state index contributed by atoms with van der Waals surface area (Å²) < 4.78 is 0. The number of nitrogens with one attached hydrogen (secondary N) is 1. The van der Waals surface area contributed by atoms with Crippen LogP contribution in [-0.2, 0) is 26.1 Å². The molecule has 0 unspecified atom stereocenters. The minimum atomic E-state index is 0.980. The van der Waals surface area contributed by atoms with Gasteiger partial charge in [-0.15, -0.1) is 11.3 Å². The average molecular weight is 300 g/mol. The van der Waals surface area contributed by atoms with Crippen LogP contribution in [-0.4, -0.2) is 18.5 Å². The molecule has 0 saturated heterocycles. The van der Waals surface area contributed by atoms with Gasteiger partial charge in [0.2, 0.25) is 0 Å². The maximum Gasteiger partial charge on any atom is 0.0296 e. The number of thiophene rings is 1. The standard InChI is InChI=1S/C18H24N2S/c1-14-17(10-18(21-14)11-19-2)13-20-9-5-8-15-6-3-4-7-16(15)12-20/h3-4,6-7,10,19H,5,8-9,11-13H2,1-2H3.